The summed E-state index contributed by atoms with van der Waals surface area (Å²) in [5.74, 6) is 1.42. The summed E-state index contributed by atoms with van der Waals surface area (Å²) >= 11 is 0. The molecule has 0 saturated carbocycles. The van der Waals surface area contributed by atoms with Crippen LogP contribution in [0.1, 0.15) is 11.3 Å². The molecule has 0 spiro atoms. The van der Waals surface area contributed by atoms with Crippen molar-refractivity contribution in [1.82, 2.24) is 19.6 Å². The molecule has 0 atom stereocenters. The number of aromatic nitrogens is 4. The summed E-state index contributed by atoms with van der Waals surface area (Å²) < 4.78 is 6.82. The maximum atomic E-state index is 5.14. The van der Waals surface area contributed by atoms with Crippen molar-refractivity contribution in [1.29, 1.82) is 0 Å². The normalized spacial score (nSPS) is 10.9. The van der Waals surface area contributed by atoms with Crippen molar-refractivity contribution in [2.75, 3.05) is 12.4 Å². The Morgan fingerprint density at radius 3 is 3.05 bits per heavy atom. The lowest BCUT2D eigenvalue weighted by Gasteiger charge is -2.10. The van der Waals surface area contributed by atoms with E-state index in [9.17, 15) is 0 Å². The van der Waals surface area contributed by atoms with Crippen LogP contribution in [0.4, 0.5) is 11.5 Å². The first kappa shape index (κ1) is 12.6. The summed E-state index contributed by atoms with van der Waals surface area (Å²) in [4.78, 5) is 8.42. The standard InChI is InChI=1S/C14H15N5O/c1-10-6-13(19-14(17-10)15-9-16-19)18-12-5-3-4-11(7-12)8-20-2/h3-7,9,18H,8H2,1-2H3. The van der Waals surface area contributed by atoms with Gasteiger partial charge in [-0.1, -0.05) is 12.1 Å². The van der Waals surface area contributed by atoms with Gasteiger partial charge in [-0.2, -0.15) is 14.6 Å². The molecule has 1 aromatic carbocycles. The highest BCUT2D eigenvalue weighted by molar-refractivity contribution is 5.59. The quantitative estimate of drug-likeness (QED) is 0.787. The van der Waals surface area contributed by atoms with Gasteiger partial charge >= 0.3 is 0 Å². The van der Waals surface area contributed by atoms with E-state index in [-0.39, 0.29) is 0 Å². The maximum Gasteiger partial charge on any atom is 0.254 e. The summed E-state index contributed by atoms with van der Waals surface area (Å²) in [7, 11) is 1.69. The van der Waals surface area contributed by atoms with Crippen molar-refractivity contribution < 1.29 is 4.74 Å². The molecule has 0 radical (unpaired) electrons. The number of hydrogen-bond donors (Lipinski definition) is 1. The molecule has 0 amide bonds. The molecule has 0 saturated heterocycles. The van der Waals surface area contributed by atoms with Crippen molar-refractivity contribution >= 4 is 17.3 Å². The predicted octanol–water partition coefficient (Wildman–Crippen LogP) is 2.32. The van der Waals surface area contributed by atoms with E-state index in [0.717, 1.165) is 22.8 Å². The van der Waals surface area contributed by atoms with E-state index in [1.165, 1.54) is 6.33 Å². The fourth-order valence-electron chi connectivity index (χ4n) is 2.07. The topological polar surface area (TPSA) is 64.3 Å². The summed E-state index contributed by atoms with van der Waals surface area (Å²) in [6, 6.07) is 9.99. The minimum atomic E-state index is 0.584. The Balaban J connectivity index is 1.96. The number of fused-ring (bicyclic) bond motifs is 1. The molecule has 2 heterocycles. The first-order valence-corrected chi connectivity index (χ1v) is 6.28. The maximum absolute atomic E-state index is 5.14. The molecule has 0 unspecified atom stereocenters. The Morgan fingerprint density at radius 2 is 2.20 bits per heavy atom. The number of rotatable bonds is 4. The Bertz CT molecular complexity index is 737. The van der Waals surface area contributed by atoms with Crippen molar-refractivity contribution in [3.05, 3.63) is 47.9 Å². The zero-order chi connectivity index (χ0) is 13.9. The van der Waals surface area contributed by atoms with E-state index >= 15 is 0 Å². The van der Waals surface area contributed by atoms with E-state index in [4.69, 9.17) is 4.74 Å². The van der Waals surface area contributed by atoms with Crippen LogP contribution in [0.15, 0.2) is 36.7 Å². The van der Waals surface area contributed by atoms with Gasteiger partial charge < -0.3 is 10.1 Å². The SMILES string of the molecule is COCc1cccc(Nc2cc(C)nc3ncnn23)c1. The van der Waals surface area contributed by atoms with Crippen molar-refractivity contribution in [3.63, 3.8) is 0 Å². The number of anilines is 2. The van der Waals surface area contributed by atoms with Crippen molar-refractivity contribution in [3.8, 4) is 0 Å². The van der Waals surface area contributed by atoms with Crippen LogP contribution in [-0.2, 0) is 11.3 Å². The van der Waals surface area contributed by atoms with E-state index in [1.807, 2.05) is 37.3 Å². The molecule has 3 rings (SSSR count). The molecule has 2 aromatic heterocycles. The van der Waals surface area contributed by atoms with Crippen LogP contribution < -0.4 is 5.32 Å². The van der Waals surface area contributed by atoms with E-state index in [2.05, 4.69) is 20.4 Å². The highest BCUT2D eigenvalue weighted by Crippen LogP contribution is 2.18. The van der Waals surface area contributed by atoms with Gasteiger partial charge in [-0.25, -0.2) is 4.98 Å². The smallest absolute Gasteiger partial charge is 0.254 e. The minimum absolute atomic E-state index is 0.584. The summed E-state index contributed by atoms with van der Waals surface area (Å²) in [5.41, 5.74) is 2.97. The Morgan fingerprint density at radius 1 is 1.30 bits per heavy atom. The van der Waals surface area contributed by atoms with Crippen LogP contribution >= 0.6 is 0 Å². The fraction of sp³-hybridized carbons (Fsp3) is 0.214. The Labute approximate surface area is 116 Å². The van der Waals surface area contributed by atoms with Crippen LogP contribution in [0.2, 0.25) is 0 Å². The molecule has 1 N–H and O–H groups in total. The van der Waals surface area contributed by atoms with Gasteiger partial charge in [0.15, 0.2) is 0 Å². The van der Waals surface area contributed by atoms with Gasteiger partial charge in [0, 0.05) is 24.6 Å². The average Bonchev–Trinajstić information content (AvgIpc) is 2.87. The summed E-state index contributed by atoms with van der Waals surface area (Å²) in [6.45, 7) is 2.52. The highest BCUT2D eigenvalue weighted by Gasteiger charge is 2.06. The Hall–Kier alpha value is -2.47. The molecular weight excluding hydrogens is 254 g/mol. The number of methoxy groups -OCH3 is 1. The number of ether oxygens (including phenoxy) is 1. The fourth-order valence-corrected chi connectivity index (χ4v) is 2.07. The van der Waals surface area contributed by atoms with Gasteiger partial charge in [-0.15, -0.1) is 0 Å². The average molecular weight is 269 g/mol. The summed E-state index contributed by atoms with van der Waals surface area (Å²) in [5, 5.41) is 7.51. The molecule has 6 heteroatoms. The first-order valence-electron chi connectivity index (χ1n) is 6.28. The minimum Gasteiger partial charge on any atom is -0.380 e. The van der Waals surface area contributed by atoms with Gasteiger partial charge in [-0.05, 0) is 24.6 Å². The number of aryl methyl sites for hydroxylation is 1. The van der Waals surface area contributed by atoms with Crippen LogP contribution in [0, 0.1) is 6.92 Å². The van der Waals surface area contributed by atoms with Gasteiger partial charge in [0.2, 0.25) is 0 Å². The summed E-state index contributed by atoms with van der Waals surface area (Å²) in [6.07, 6.45) is 1.49. The lowest BCUT2D eigenvalue weighted by molar-refractivity contribution is 0.185. The molecule has 3 aromatic rings. The van der Waals surface area contributed by atoms with Crippen LogP contribution in [0.25, 0.3) is 5.78 Å². The second-order valence-electron chi connectivity index (χ2n) is 4.51. The third-order valence-corrected chi connectivity index (χ3v) is 2.89. The predicted molar refractivity (Wildman–Crippen MR) is 76.0 cm³/mol. The second kappa shape index (κ2) is 5.26. The van der Waals surface area contributed by atoms with Gasteiger partial charge in [0.1, 0.15) is 12.1 Å². The van der Waals surface area contributed by atoms with E-state index in [1.54, 1.807) is 11.6 Å². The molecule has 20 heavy (non-hydrogen) atoms. The number of hydrogen-bond acceptors (Lipinski definition) is 5. The largest absolute Gasteiger partial charge is 0.380 e. The van der Waals surface area contributed by atoms with Gasteiger partial charge in [0.05, 0.1) is 6.61 Å². The zero-order valence-corrected chi connectivity index (χ0v) is 11.4. The first-order chi connectivity index (χ1) is 9.76. The second-order valence-corrected chi connectivity index (χ2v) is 4.51. The highest BCUT2D eigenvalue weighted by atomic mass is 16.5. The lowest BCUT2D eigenvalue weighted by atomic mass is 10.2. The van der Waals surface area contributed by atoms with Crippen LogP contribution in [-0.4, -0.2) is 26.7 Å². The molecule has 0 bridgehead atoms. The van der Waals surface area contributed by atoms with Crippen LogP contribution in [0.3, 0.4) is 0 Å². The Kier molecular flexibility index (Phi) is 3.30. The van der Waals surface area contributed by atoms with Crippen molar-refractivity contribution in [2.45, 2.75) is 13.5 Å². The third kappa shape index (κ3) is 2.46. The molecule has 6 nitrogen and oxygen atoms in total. The molecule has 102 valence electrons. The van der Waals surface area contributed by atoms with Crippen LogP contribution in [0.5, 0.6) is 0 Å². The molecule has 0 aliphatic carbocycles. The zero-order valence-electron chi connectivity index (χ0n) is 11.4. The third-order valence-electron chi connectivity index (χ3n) is 2.89. The van der Waals surface area contributed by atoms with E-state index < -0.39 is 0 Å². The van der Waals surface area contributed by atoms with Gasteiger partial charge in [-0.3, -0.25) is 0 Å². The molecule has 0 fully saturated rings. The van der Waals surface area contributed by atoms with Crippen molar-refractivity contribution in [2.24, 2.45) is 0 Å². The molecule has 0 aliphatic heterocycles. The van der Waals surface area contributed by atoms with E-state index in [0.29, 0.717) is 12.4 Å². The number of nitrogens with zero attached hydrogens (tertiary/aromatic N) is 4. The van der Waals surface area contributed by atoms with Gasteiger partial charge in [0.25, 0.3) is 5.78 Å². The number of nitrogens with one attached hydrogen (secondary N) is 1. The monoisotopic (exact) mass is 269 g/mol. The molecular formula is C14H15N5O. The lowest BCUT2D eigenvalue weighted by Crippen LogP contribution is -2.03. The number of benzene rings is 1. The molecule has 0 aliphatic rings.